The van der Waals surface area contributed by atoms with Crippen LogP contribution in [0.1, 0.15) is 32.6 Å². The molecule has 0 saturated carbocycles. The van der Waals surface area contributed by atoms with E-state index in [-0.39, 0.29) is 5.75 Å². The zero-order chi connectivity index (χ0) is 14.3. The number of amides is 1. The van der Waals surface area contributed by atoms with Crippen molar-refractivity contribution in [2.45, 2.75) is 32.6 Å². The first-order valence-electron chi connectivity index (χ1n) is 6.46. The fourth-order valence-corrected chi connectivity index (χ4v) is 2.07. The van der Waals surface area contributed by atoms with Crippen molar-refractivity contribution in [1.82, 2.24) is 4.90 Å². The maximum absolute atomic E-state index is 11.0. The fraction of sp³-hybridized carbons (Fsp3) is 0.500. The molecule has 0 radical (unpaired) electrons. The molecular formula is C14H19Cl2NO2. The number of likely N-dealkylation sites (tertiary alicyclic amines) is 1. The normalized spacial score (nSPS) is 14.3. The summed E-state index contributed by atoms with van der Waals surface area (Å²) in [7, 11) is 0. The molecule has 0 aromatic heterocycles. The summed E-state index contributed by atoms with van der Waals surface area (Å²) in [6, 6.07) is 4.41. The van der Waals surface area contributed by atoms with Crippen LogP contribution < -0.4 is 0 Å². The molecule has 1 saturated heterocycles. The molecule has 5 heteroatoms. The zero-order valence-electron chi connectivity index (χ0n) is 11.0. The van der Waals surface area contributed by atoms with Gasteiger partial charge in [0, 0.05) is 19.5 Å². The number of phenols is 1. The Balaban J connectivity index is 0.000000191. The van der Waals surface area contributed by atoms with Gasteiger partial charge in [0.1, 0.15) is 5.75 Å². The number of unbranched alkanes of at least 4 members (excludes halogenated alkanes) is 1. The molecule has 0 spiro atoms. The van der Waals surface area contributed by atoms with Gasteiger partial charge in [0.2, 0.25) is 5.91 Å². The number of rotatable bonds is 3. The Hall–Kier alpha value is -0.930. The van der Waals surface area contributed by atoms with Gasteiger partial charge in [-0.2, -0.15) is 0 Å². The van der Waals surface area contributed by atoms with Crippen molar-refractivity contribution < 1.29 is 9.90 Å². The molecule has 3 nitrogen and oxygen atoms in total. The molecule has 0 aliphatic carbocycles. The monoisotopic (exact) mass is 303 g/mol. The lowest BCUT2D eigenvalue weighted by molar-refractivity contribution is -0.127. The van der Waals surface area contributed by atoms with Crippen LogP contribution in [0.5, 0.6) is 5.75 Å². The van der Waals surface area contributed by atoms with Crippen molar-refractivity contribution in [2.24, 2.45) is 0 Å². The van der Waals surface area contributed by atoms with Crippen LogP contribution in [0.15, 0.2) is 18.2 Å². The average Bonchev–Trinajstić information content (AvgIpc) is 2.78. The van der Waals surface area contributed by atoms with E-state index in [2.05, 4.69) is 6.92 Å². The second kappa shape index (κ2) is 8.28. The number of phenolic OH excluding ortho intramolecular Hbond substituents is 1. The maximum Gasteiger partial charge on any atom is 0.222 e. The SMILES string of the molecule is CCCCN1CCCC1=O.Oc1ccc(Cl)c(Cl)c1. The van der Waals surface area contributed by atoms with Crippen molar-refractivity contribution >= 4 is 29.1 Å². The topological polar surface area (TPSA) is 40.5 Å². The van der Waals surface area contributed by atoms with Crippen molar-refractivity contribution in [3.05, 3.63) is 28.2 Å². The summed E-state index contributed by atoms with van der Waals surface area (Å²) in [5.41, 5.74) is 0. The van der Waals surface area contributed by atoms with Gasteiger partial charge in [0.05, 0.1) is 10.0 Å². The molecule has 1 aliphatic rings. The molecule has 1 heterocycles. The zero-order valence-corrected chi connectivity index (χ0v) is 12.5. The Bertz CT molecular complexity index is 424. The van der Waals surface area contributed by atoms with E-state index in [0.717, 1.165) is 32.4 Å². The molecule has 0 unspecified atom stereocenters. The van der Waals surface area contributed by atoms with E-state index in [4.69, 9.17) is 28.3 Å². The summed E-state index contributed by atoms with van der Waals surface area (Å²) < 4.78 is 0. The number of benzene rings is 1. The average molecular weight is 304 g/mol. The van der Waals surface area contributed by atoms with Crippen molar-refractivity contribution in [1.29, 1.82) is 0 Å². The minimum Gasteiger partial charge on any atom is -0.508 e. The number of hydrogen-bond donors (Lipinski definition) is 1. The number of aromatic hydroxyl groups is 1. The van der Waals surface area contributed by atoms with Crippen LogP contribution in [0.3, 0.4) is 0 Å². The van der Waals surface area contributed by atoms with Gasteiger partial charge in [0.25, 0.3) is 0 Å². The molecule has 106 valence electrons. The number of halogens is 2. The van der Waals surface area contributed by atoms with E-state index in [0.29, 0.717) is 16.0 Å². The van der Waals surface area contributed by atoms with E-state index < -0.39 is 0 Å². The third-order valence-electron chi connectivity index (χ3n) is 2.86. The van der Waals surface area contributed by atoms with Crippen LogP contribution in [-0.4, -0.2) is 29.0 Å². The molecular weight excluding hydrogens is 285 g/mol. The molecule has 0 atom stereocenters. The van der Waals surface area contributed by atoms with Crippen LogP contribution >= 0.6 is 23.2 Å². The first kappa shape index (κ1) is 16.1. The van der Waals surface area contributed by atoms with Crippen LogP contribution in [0.2, 0.25) is 10.0 Å². The third-order valence-corrected chi connectivity index (χ3v) is 3.60. The van der Waals surface area contributed by atoms with E-state index in [1.165, 1.54) is 18.6 Å². The lowest BCUT2D eigenvalue weighted by Crippen LogP contribution is -2.25. The Labute approximate surface area is 124 Å². The highest BCUT2D eigenvalue weighted by Crippen LogP contribution is 2.25. The van der Waals surface area contributed by atoms with E-state index >= 15 is 0 Å². The second-order valence-corrected chi connectivity index (χ2v) is 5.25. The van der Waals surface area contributed by atoms with E-state index in [1.54, 1.807) is 6.07 Å². The van der Waals surface area contributed by atoms with Crippen LogP contribution in [-0.2, 0) is 4.79 Å². The molecule has 1 aliphatic heterocycles. The van der Waals surface area contributed by atoms with Gasteiger partial charge in [-0.15, -0.1) is 0 Å². The lowest BCUT2D eigenvalue weighted by atomic mass is 10.3. The van der Waals surface area contributed by atoms with E-state index in [1.807, 2.05) is 4.90 Å². The van der Waals surface area contributed by atoms with Gasteiger partial charge in [0.15, 0.2) is 0 Å². The predicted octanol–water partition coefficient (Wildman–Crippen LogP) is 4.11. The first-order valence-corrected chi connectivity index (χ1v) is 7.22. The lowest BCUT2D eigenvalue weighted by Gasteiger charge is -2.13. The number of nitrogens with zero attached hydrogens (tertiary/aromatic N) is 1. The van der Waals surface area contributed by atoms with Crippen molar-refractivity contribution in [3.8, 4) is 5.75 Å². The summed E-state index contributed by atoms with van der Waals surface area (Å²) >= 11 is 11.1. The highest BCUT2D eigenvalue weighted by atomic mass is 35.5. The highest BCUT2D eigenvalue weighted by Gasteiger charge is 2.18. The molecule has 1 fully saturated rings. The second-order valence-electron chi connectivity index (χ2n) is 4.44. The minimum absolute atomic E-state index is 0.129. The summed E-state index contributed by atoms with van der Waals surface area (Å²) in [6.07, 6.45) is 4.20. The quantitative estimate of drug-likeness (QED) is 0.913. The van der Waals surface area contributed by atoms with Gasteiger partial charge < -0.3 is 10.0 Å². The van der Waals surface area contributed by atoms with Crippen molar-refractivity contribution in [2.75, 3.05) is 13.1 Å². The summed E-state index contributed by atoms with van der Waals surface area (Å²) in [6.45, 7) is 4.13. The Morgan fingerprint density at radius 3 is 2.53 bits per heavy atom. The largest absolute Gasteiger partial charge is 0.508 e. The molecule has 0 bridgehead atoms. The number of hydrogen-bond acceptors (Lipinski definition) is 2. The van der Waals surface area contributed by atoms with Gasteiger partial charge >= 0.3 is 0 Å². The van der Waals surface area contributed by atoms with Crippen LogP contribution in [0.4, 0.5) is 0 Å². The fourth-order valence-electron chi connectivity index (χ4n) is 1.77. The standard InChI is InChI=1S/C8H15NO.C6H4Cl2O/c1-2-3-6-9-7-4-5-8(9)10;7-5-2-1-4(9)3-6(5)8/h2-7H2,1H3;1-3,9H. The Morgan fingerprint density at radius 1 is 1.32 bits per heavy atom. The number of carbonyl (C=O) groups excluding carboxylic acids is 1. The highest BCUT2D eigenvalue weighted by molar-refractivity contribution is 6.42. The van der Waals surface area contributed by atoms with Gasteiger partial charge in [-0.3, -0.25) is 4.79 Å². The Kier molecular flexibility index (Phi) is 7.03. The third kappa shape index (κ3) is 5.70. The van der Waals surface area contributed by atoms with Gasteiger partial charge in [-0.05, 0) is 31.0 Å². The molecule has 19 heavy (non-hydrogen) atoms. The molecule has 2 rings (SSSR count). The predicted molar refractivity (Wildman–Crippen MR) is 78.8 cm³/mol. The van der Waals surface area contributed by atoms with Crippen LogP contribution in [0, 0.1) is 0 Å². The summed E-state index contributed by atoms with van der Waals surface area (Å²) in [5.74, 6) is 0.484. The summed E-state index contributed by atoms with van der Waals surface area (Å²) in [4.78, 5) is 13.0. The maximum atomic E-state index is 11.0. The molecule has 1 aromatic rings. The first-order chi connectivity index (χ1) is 9.04. The van der Waals surface area contributed by atoms with Gasteiger partial charge in [-0.25, -0.2) is 0 Å². The number of carbonyl (C=O) groups is 1. The smallest absolute Gasteiger partial charge is 0.222 e. The van der Waals surface area contributed by atoms with Crippen LogP contribution in [0.25, 0.3) is 0 Å². The molecule has 1 N–H and O–H groups in total. The molecule has 1 amide bonds. The molecule has 1 aromatic carbocycles. The summed E-state index contributed by atoms with van der Waals surface area (Å²) in [5, 5.41) is 9.62. The minimum atomic E-state index is 0.129. The van der Waals surface area contributed by atoms with Crippen molar-refractivity contribution in [3.63, 3.8) is 0 Å². The Morgan fingerprint density at radius 2 is 2.05 bits per heavy atom. The van der Waals surface area contributed by atoms with E-state index in [9.17, 15) is 4.79 Å². The van der Waals surface area contributed by atoms with Gasteiger partial charge in [-0.1, -0.05) is 36.5 Å².